The summed E-state index contributed by atoms with van der Waals surface area (Å²) in [4.78, 5) is 2.40. The quantitative estimate of drug-likeness (QED) is 0.787. The highest BCUT2D eigenvalue weighted by atomic mass is 19.2. The first-order valence-corrected chi connectivity index (χ1v) is 6.76. The Morgan fingerprint density at radius 3 is 2.67 bits per heavy atom. The SMILES string of the molecule is CC(C)C1CCCCN1Cc1ccc(F)c(F)c1. The van der Waals surface area contributed by atoms with Gasteiger partial charge in [0, 0.05) is 12.6 Å². The zero-order valence-corrected chi connectivity index (χ0v) is 11.1. The summed E-state index contributed by atoms with van der Waals surface area (Å²) in [5.41, 5.74) is 0.862. The van der Waals surface area contributed by atoms with Crippen LogP contribution < -0.4 is 0 Å². The lowest BCUT2D eigenvalue weighted by molar-refractivity contribution is 0.104. The zero-order chi connectivity index (χ0) is 13.1. The lowest BCUT2D eigenvalue weighted by Gasteiger charge is -2.38. The molecular weight excluding hydrogens is 232 g/mol. The van der Waals surface area contributed by atoms with Gasteiger partial charge in [0.05, 0.1) is 0 Å². The Balaban J connectivity index is 2.08. The largest absolute Gasteiger partial charge is 0.296 e. The monoisotopic (exact) mass is 253 g/mol. The topological polar surface area (TPSA) is 3.24 Å². The van der Waals surface area contributed by atoms with Crippen molar-refractivity contribution in [1.29, 1.82) is 0 Å². The minimum absolute atomic E-state index is 0.562. The number of hydrogen-bond acceptors (Lipinski definition) is 1. The first kappa shape index (κ1) is 13.5. The third kappa shape index (κ3) is 3.08. The Morgan fingerprint density at radius 2 is 2.00 bits per heavy atom. The van der Waals surface area contributed by atoms with Gasteiger partial charge in [-0.1, -0.05) is 26.3 Å². The zero-order valence-electron chi connectivity index (χ0n) is 11.1. The number of benzene rings is 1. The number of halogens is 2. The highest BCUT2D eigenvalue weighted by Crippen LogP contribution is 2.25. The molecule has 0 spiro atoms. The van der Waals surface area contributed by atoms with E-state index in [4.69, 9.17) is 0 Å². The summed E-state index contributed by atoms with van der Waals surface area (Å²) in [6.07, 6.45) is 3.69. The molecule has 1 aromatic carbocycles. The van der Waals surface area contributed by atoms with Crippen LogP contribution in [0.25, 0.3) is 0 Å². The molecule has 0 radical (unpaired) electrons. The molecule has 1 aromatic rings. The first-order valence-electron chi connectivity index (χ1n) is 6.76. The molecule has 0 N–H and O–H groups in total. The van der Waals surface area contributed by atoms with Crippen LogP contribution in [0.2, 0.25) is 0 Å². The Morgan fingerprint density at radius 1 is 1.22 bits per heavy atom. The maximum atomic E-state index is 13.2. The first-order chi connectivity index (χ1) is 8.58. The average Bonchev–Trinajstić information content (AvgIpc) is 2.34. The summed E-state index contributed by atoms with van der Waals surface area (Å²) < 4.78 is 26.1. The van der Waals surface area contributed by atoms with Crippen molar-refractivity contribution in [3.05, 3.63) is 35.4 Å². The van der Waals surface area contributed by atoms with Gasteiger partial charge in [-0.15, -0.1) is 0 Å². The number of nitrogens with zero attached hydrogens (tertiary/aromatic N) is 1. The van der Waals surface area contributed by atoms with Crippen LogP contribution in [0.1, 0.15) is 38.7 Å². The van der Waals surface area contributed by atoms with Gasteiger partial charge in [0.25, 0.3) is 0 Å². The fourth-order valence-corrected chi connectivity index (χ4v) is 2.84. The fourth-order valence-electron chi connectivity index (χ4n) is 2.84. The lowest BCUT2D eigenvalue weighted by atomic mass is 9.92. The number of rotatable bonds is 3. The van der Waals surface area contributed by atoms with Crippen LogP contribution in [0, 0.1) is 17.6 Å². The molecule has 100 valence electrons. The van der Waals surface area contributed by atoms with E-state index in [2.05, 4.69) is 18.7 Å². The maximum absolute atomic E-state index is 13.2. The second kappa shape index (κ2) is 5.79. The maximum Gasteiger partial charge on any atom is 0.159 e. The van der Waals surface area contributed by atoms with E-state index in [0.29, 0.717) is 12.0 Å². The highest BCUT2D eigenvalue weighted by molar-refractivity contribution is 5.17. The van der Waals surface area contributed by atoms with Gasteiger partial charge in [0.2, 0.25) is 0 Å². The molecule has 2 rings (SSSR count). The van der Waals surface area contributed by atoms with Gasteiger partial charge >= 0.3 is 0 Å². The van der Waals surface area contributed by atoms with E-state index < -0.39 is 11.6 Å². The van der Waals surface area contributed by atoms with E-state index in [9.17, 15) is 8.78 Å². The van der Waals surface area contributed by atoms with Crippen LogP contribution in [0.15, 0.2) is 18.2 Å². The van der Waals surface area contributed by atoms with Gasteiger partial charge in [-0.05, 0) is 43.0 Å². The number of hydrogen-bond donors (Lipinski definition) is 0. The van der Waals surface area contributed by atoms with E-state index in [1.807, 2.05) is 0 Å². The highest BCUT2D eigenvalue weighted by Gasteiger charge is 2.24. The van der Waals surface area contributed by atoms with E-state index in [1.54, 1.807) is 6.07 Å². The second-order valence-electron chi connectivity index (χ2n) is 5.53. The molecule has 1 nitrogen and oxygen atoms in total. The molecule has 0 aliphatic carbocycles. The predicted octanol–water partition coefficient (Wildman–Crippen LogP) is 3.98. The standard InChI is InChI=1S/C15H21F2N/c1-11(2)15-5-3-4-8-18(15)10-12-6-7-13(16)14(17)9-12/h6-7,9,11,15H,3-5,8,10H2,1-2H3. The van der Waals surface area contributed by atoms with Gasteiger partial charge in [0.15, 0.2) is 11.6 Å². The third-order valence-corrected chi connectivity index (χ3v) is 3.80. The predicted molar refractivity (Wildman–Crippen MR) is 69.2 cm³/mol. The molecule has 1 saturated heterocycles. The second-order valence-corrected chi connectivity index (χ2v) is 5.53. The summed E-state index contributed by atoms with van der Waals surface area (Å²) >= 11 is 0. The Bertz CT molecular complexity index is 403. The molecule has 0 aromatic heterocycles. The number of likely N-dealkylation sites (tertiary alicyclic amines) is 1. The van der Waals surface area contributed by atoms with E-state index >= 15 is 0 Å². The van der Waals surface area contributed by atoms with Gasteiger partial charge in [-0.25, -0.2) is 8.78 Å². The molecule has 18 heavy (non-hydrogen) atoms. The van der Waals surface area contributed by atoms with Crippen LogP contribution in [0.4, 0.5) is 8.78 Å². The Kier molecular flexibility index (Phi) is 4.33. The molecule has 3 heteroatoms. The molecule has 0 bridgehead atoms. The van der Waals surface area contributed by atoms with Crippen molar-refractivity contribution in [2.24, 2.45) is 5.92 Å². The minimum atomic E-state index is -0.766. The lowest BCUT2D eigenvalue weighted by Crippen LogP contribution is -2.42. The molecule has 0 saturated carbocycles. The fraction of sp³-hybridized carbons (Fsp3) is 0.600. The van der Waals surface area contributed by atoms with Crippen LogP contribution in [-0.2, 0) is 6.54 Å². The molecule has 1 atom stereocenters. The molecule has 0 amide bonds. The van der Waals surface area contributed by atoms with Gasteiger partial charge in [0.1, 0.15) is 0 Å². The van der Waals surface area contributed by atoms with Crippen LogP contribution in [0.3, 0.4) is 0 Å². The number of piperidine rings is 1. The molecule has 1 aliphatic rings. The Labute approximate surface area is 108 Å². The summed E-state index contributed by atoms with van der Waals surface area (Å²) in [6.45, 7) is 6.24. The van der Waals surface area contributed by atoms with Gasteiger partial charge < -0.3 is 0 Å². The van der Waals surface area contributed by atoms with Crippen molar-refractivity contribution in [3.63, 3.8) is 0 Å². The van der Waals surface area contributed by atoms with Crippen molar-refractivity contribution < 1.29 is 8.78 Å². The van der Waals surface area contributed by atoms with Crippen molar-refractivity contribution >= 4 is 0 Å². The van der Waals surface area contributed by atoms with Gasteiger partial charge in [-0.2, -0.15) is 0 Å². The summed E-state index contributed by atoms with van der Waals surface area (Å²) in [6, 6.07) is 4.79. The average molecular weight is 253 g/mol. The van der Waals surface area contributed by atoms with E-state index in [1.165, 1.54) is 31.4 Å². The third-order valence-electron chi connectivity index (χ3n) is 3.80. The minimum Gasteiger partial charge on any atom is -0.296 e. The Hall–Kier alpha value is -0.960. The van der Waals surface area contributed by atoms with Crippen molar-refractivity contribution in [2.45, 2.75) is 45.7 Å². The van der Waals surface area contributed by atoms with Crippen LogP contribution in [-0.4, -0.2) is 17.5 Å². The van der Waals surface area contributed by atoms with Crippen LogP contribution >= 0.6 is 0 Å². The van der Waals surface area contributed by atoms with Crippen molar-refractivity contribution in [2.75, 3.05) is 6.54 Å². The molecule has 1 heterocycles. The summed E-state index contributed by atoms with van der Waals surface area (Å²) in [5.74, 6) is -0.904. The molecule has 1 aliphatic heterocycles. The van der Waals surface area contributed by atoms with Crippen molar-refractivity contribution in [3.8, 4) is 0 Å². The molecular formula is C15H21F2N. The molecule has 1 fully saturated rings. The summed E-state index contributed by atoms with van der Waals surface area (Å²) in [5, 5.41) is 0. The van der Waals surface area contributed by atoms with E-state index in [0.717, 1.165) is 18.7 Å². The summed E-state index contributed by atoms with van der Waals surface area (Å²) in [7, 11) is 0. The molecule has 1 unspecified atom stereocenters. The normalized spacial score (nSPS) is 21.5. The smallest absolute Gasteiger partial charge is 0.159 e. The van der Waals surface area contributed by atoms with E-state index in [-0.39, 0.29) is 0 Å². The van der Waals surface area contributed by atoms with Gasteiger partial charge in [-0.3, -0.25) is 4.90 Å². The van der Waals surface area contributed by atoms with Crippen molar-refractivity contribution in [1.82, 2.24) is 4.90 Å². The van der Waals surface area contributed by atoms with Crippen LogP contribution in [0.5, 0.6) is 0 Å².